The minimum atomic E-state index is 0.198. The molecular formula is C9H12N2O2. The lowest BCUT2D eigenvalue weighted by Gasteiger charge is -2.03. The summed E-state index contributed by atoms with van der Waals surface area (Å²) in [6, 6.07) is 7.20. The van der Waals surface area contributed by atoms with E-state index in [1.807, 2.05) is 18.2 Å². The highest BCUT2D eigenvalue weighted by Gasteiger charge is 2.02. The second kappa shape index (κ2) is 4.47. The summed E-state index contributed by atoms with van der Waals surface area (Å²) in [4.78, 5) is 0. The van der Waals surface area contributed by atoms with Crippen LogP contribution in [0.15, 0.2) is 29.4 Å². The minimum Gasteiger partial charge on any atom is -0.497 e. The molecule has 4 heteroatoms. The van der Waals surface area contributed by atoms with Crippen LogP contribution in [0.25, 0.3) is 0 Å². The van der Waals surface area contributed by atoms with Crippen molar-refractivity contribution in [3.05, 3.63) is 29.8 Å². The summed E-state index contributed by atoms with van der Waals surface area (Å²) in [5.74, 6) is 0.715. The molecule has 0 radical (unpaired) electrons. The summed E-state index contributed by atoms with van der Waals surface area (Å²) in [7, 11) is 1.58. The molecule has 1 rings (SSSR count). The van der Waals surface area contributed by atoms with Crippen LogP contribution >= 0.6 is 0 Å². The monoisotopic (exact) mass is 180 g/mol. The maximum atomic E-state index is 8.61. The number of methoxy groups -OCH3 is 1. The number of rotatable bonds is 3. The lowest BCUT2D eigenvalue weighted by atomic mass is 10.1. The molecule has 0 bridgehead atoms. The van der Waals surface area contributed by atoms with E-state index in [1.165, 1.54) is 0 Å². The van der Waals surface area contributed by atoms with Crippen molar-refractivity contribution in [2.24, 2.45) is 10.9 Å². The van der Waals surface area contributed by atoms with Crippen LogP contribution in [0.3, 0.4) is 0 Å². The Bertz CT molecular complexity index is 310. The lowest BCUT2D eigenvalue weighted by Crippen LogP contribution is -2.14. The van der Waals surface area contributed by atoms with Crippen LogP contribution in [0.4, 0.5) is 0 Å². The van der Waals surface area contributed by atoms with E-state index in [2.05, 4.69) is 5.16 Å². The summed E-state index contributed by atoms with van der Waals surface area (Å²) in [5, 5.41) is 11.7. The highest BCUT2D eigenvalue weighted by Crippen LogP contribution is 2.12. The summed E-state index contributed by atoms with van der Waals surface area (Å²) < 4.78 is 5.02. The highest BCUT2D eigenvalue weighted by atomic mass is 16.5. The van der Waals surface area contributed by atoms with E-state index in [4.69, 9.17) is 15.7 Å². The molecule has 0 aliphatic rings. The van der Waals surface area contributed by atoms with Crippen molar-refractivity contribution in [3.8, 4) is 5.75 Å². The molecule has 0 aromatic heterocycles. The third-order valence-electron chi connectivity index (χ3n) is 1.72. The SMILES string of the molecule is COc1cccc(/C(CN)=N\O)c1. The molecule has 0 aliphatic heterocycles. The Balaban J connectivity index is 3.00. The zero-order valence-electron chi connectivity index (χ0n) is 7.40. The molecule has 0 aliphatic carbocycles. The Morgan fingerprint density at radius 2 is 2.38 bits per heavy atom. The largest absolute Gasteiger partial charge is 0.497 e. The van der Waals surface area contributed by atoms with E-state index in [0.717, 1.165) is 5.56 Å². The van der Waals surface area contributed by atoms with Gasteiger partial charge in [-0.1, -0.05) is 17.3 Å². The molecule has 0 unspecified atom stereocenters. The Morgan fingerprint density at radius 3 is 2.92 bits per heavy atom. The molecule has 0 heterocycles. The number of nitrogens with two attached hydrogens (primary N) is 1. The number of nitrogens with zero attached hydrogens (tertiary/aromatic N) is 1. The number of oxime groups is 1. The molecular weight excluding hydrogens is 168 g/mol. The molecule has 70 valence electrons. The first-order valence-electron chi connectivity index (χ1n) is 3.87. The zero-order valence-corrected chi connectivity index (χ0v) is 7.40. The molecule has 4 nitrogen and oxygen atoms in total. The normalized spacial score (nSPS) is 11.4. The zero-order chi connectivity index (χ0) is 9.68. The molecule has 0 spiro atoms. The lowest BCUT2D eigenvalue weighted by molar-refractivity contribution is 0.318. The summed E-state index contributed by atoms with van der Waals surface area (Å²) in [6.07, 6.45) is 0. The van der Waals surface area contributed by atoms with E-state index in [9.17, 15) is 0 Å². The van der Waals surface area contributed by atoms with E-state index < -0.39 is 0 Å². The Morgan fingerprint density at radius 1 is 1.62 bits per heavy atom. The highest BCUT2D eigenvalue weighted by molar-refractivity contribution is 6.01. The molecule has 0 amide bonds. The van der Waals surface area contributed by atoms with Gasteiger partial charge in [0.25, 0.3) is 0 Å². The van der Waals surface area contributed by atoms with E-state index in [1.54, 1.807) is 13.2 Å². The fourth-order valence-electron chi connectivity index (χ4n) is 1.02. The maximum absolute atomic E-state index is 8.61. The molecule has 0 saturated carbocycles. The van der Waals surface area contributed by atoms with Gasteiger partial charge in [0.2, 0.25) is 0 Å². The minimum absolute atomic E-state index is 0.198. The van der Waals surface area contributed by atoms with E-state index in [0.29, 0.717) is 11.5 Å². The van der Waals surface area contributed by atoms with Gasteiger partial charge in [0.05, 0.1) is 7.11 Å². The molecule has 13 heavy (non-hydrogen) atoms. The number of ether oxygens (including phenoxy) is 1. The number of benzene rings is 1. The van der Waals surface area contributed by atoms with Crippen molar-refractivity contribution < 1.29 is 9.94 Å². The topological polar surface area (TPSA) is 67.8 Å². The van der Waals surface area contributed by atoms with Gasteiger partial charge in [-0.05, 0) is 12.1 Å². The van der Waals surface area contributed by atoms with Crippen LogP contribution < -0.4 is 10.5 Å². The van der Waals surface area contributed by atoms with Gasteiger partial charge in [-0.3, -0.25) is 0 Å². The second-order valence-electron chi connectivity index (χ2n) is 2.48. The fraction of sp³-hybridized carbons (Fsp3) is 0.222. The van der Waals surface area contributed by atoms with Crippen molar-refractivity contribution in [3.63, 3.8) is 0 Å². The third-order valence-corrected chi connectivity index (χ3v) is 1.72. The molecule has 0 saturated heterocycles. The van der Waals surface area contributed by atoms with Gasteiger partial charge in [-0.25, -0.2) is 0 Å². The van der Waals surface area contributed by atoms with Crippen LogP contribution in [0.1, 0.15) is 5.56 Å². The Labute approximate surface area is 76.6 Å². The predicted molar refractivity (Wildman–Crippen MR) is 50.4 cm³/mol. The summed E-state index contributed by atoms with van der Waals surface area (Å²) in [5.41, 5.74) is 6.59. The van der Waals surface area contributed by atoms with E-state index >= 15 is 0 Å². The average Bonchev–Trinajstić information content (AvgIpc) is 2.20. The Hall–Kier alpha value is -1.55. The van der Waals surface area contributed by atoms with Gasteiger partial charge in [-0.15, -0.1) is 0 Å². The number of hydrogen-bond acceptors (Lipinski definition) is 4. The van der Waals surface area contributed by atoms with Crippen LogP contribution in [0.2, 0.25) is 0 Å². The molecule has 1 aromatic carbocycles. The average molecular weight is 180 g/mol. The van der Waals surface area contributed by atoms with Crippen molar-refractivity contribution in [1.82, 2.24) is 0 Å². The first-order chi connectivity index (χ1) is 6.31. The van der Waals surface area contributed by atoms with Gasteiger partial charge >= 0.3 is 0 Å². The van der Waals surface area contributed by atoms with Gasteiger partial charge in [0.1, 0.15) is 11.5 Å². The molecule has 0 atom stereocenters. The molecule has 0 fully saturated rings. The van der Waals surface area contributed by atoms with Crippen LogP contribution in [0, 0.1) is 0 Å². The molecule has 1 aromatic rings. The van der Waals surface area contributed by atoms with Crippen LogP contribution in [0.5, 0.6) is 5.75 Å². The molecule has 3 N–H and O–H groups in total. The van der Waals surface area contributed by atoms with Gasteiger partial charge in [0, 0.05) is 12.1 Å². The van der Waals surface area contributed by atoms with Crippen LogP contribution in [-0.2, 0) is 0 Å². The van der Waals surface area contributed by atoms with Crippen molar-refractivity contribution in [2.45, 2.75) is 0 Å². The summed E-state index contributed by atoms with van der Waals surface area (Å²) in [6.45, 7) is 0.198. The van der Waals surface area contributed by atoms with Crippen molar-refractivity contribution in [2.75, 3.05) is 13.7 Å². The summed E-state index contributed by atoms with van der Waals surface area (Å²) >= 11 is 0. The standard InChI is InChI=1S/C9H12N2O2/c1-13-8-4-2-3-7(5-8)9(6-10)11-12/h2-5,12H,6,10H2,1H3/b11-9-. The maximum Gasteiger partial charge on any atom is 0.119 e. The first-order valence-corrected chi connectivity index (χ1v) is 3.87. The van der Waals surface area contributed by atoms with E-state index in [-0.39, 0.29) is 6.54 Å². The fourth-order valence-corrected chi connectivity index (χ4v) is 1.02. The van der Waals surface area contributed by atoms with Crippen molar-refractivity contribution in [1.29, 1.82) is 0 Å². The quantitative estimate of drug-likeness (QED) is 0.411. The first kappa shape index (κ1) is 9.54. The van der Waals surface area contributed by atoms with Crippen molar-refractivity contribution >= 4 is 5.71 Å². The van der Waals surface area contributed by atoms with Gasteiger partial charge in [0.15, 0.2) is 0 Å². The predicted octanol–water partition coefficient (Wildman–Crippen LogP) is 0.832. The van der Waals surface area contributed by atoms with Crippen LogP contribution in [-0.4, -0.2) is 24.6 Å². The second-order valence-corrected chi connectivity index (χ2v) is 2.48. The Kier molecular flexibility index (Phi) is 3.28. The third kappa shape index (κ3) is 2.19. The van der Waals surface area contributed by atoms with Gasteiger partial charge in [-0.2, -0.15) is 0 Å². The number of hydrogen-bond donors (Lipinski definition) is 2. The van der Waals surface area contributed by atoms with Gasteiger partial charge < -0.3 is 15.7 Å². The smallest absolute Gasteiger partial charge is 0.119 e.